The molecule has 0 fully saturated rings. The highest BCUT2D eigenvalue weighted by molar-refractivity contribution is 9.10. The van der Waals surface area contributed by atoms with Crippen LogP contribution in [0.5, 0.6) is 0 Å². The van der Waals surface area contributed by atoms with Crippen LogP contribution in [0.25, 0.3) is 0 Å². The van der Waals surface area contributed by atoms with E-state index in [0.29, 0.717) is 16.8 Å². The van der Waals surface area contributed by atoms with Gasteiger partial charge in [-0.2, -0.15) is 0 Å². The molecule has 2 aromatic rings. The number of anilines is 1. The van der Waals surface area contributed by atoms with Gasteiger partial charge in [-0.3, -0.25) is 9.59 Å². The first-order valence-corrected chi connectivity index (χ1v) is 7.88. The molecule has 0 bridgehead atoms. The zero-order chi connectivity index (χ0) is 16.6. The Morgan fingerprint density at radius 1 is 1.30 bits per heavy atom. The summed E-state index contributed by atoms with van der Waals surface area (Å²) in [5.41, 5.74) is 1.81. The number of rotatable bonds is 3. The fourth-order valence-electron chi connectivity index (χ4n) is 2.71. The third-order valence-electron chi connectivity index (χ3n) is 3.74. The molecule has 0 saturated heterocycles. The van der Waals surface area contributed by atoms with E-state index in [1.165, 1.54) is 17.9 Å². The highest BCUT2D eigenvalue weighted by Gasteiger charge is 2.38. The fraction of sp³-hybridized carbons (Fsp3) is 0.176. The number of hydrogen-bond acceptors (Lipinski definition) is 2. The van der Waals surface area contributed by atoms with Crippen molar-refractivity contribution < 1.29 is 14.0 Å². The summed E-state index contributed by atoms with van der Waals surface area (Å²) in [7, 11) is 0. The van der Waals surface area contributed by atoms with Crippen LogP contribution in [0.3, 0.4) is 0 Å². The molecule has 2 amide bonds. The van der Waals surface area contributed by atoms with Crippen LogP contribution in [-0.2, 0) is 16.1 Å². The van der Waals surface area contributed by atoms with Crippen LogP contribution >= 0.6 is 15.9 Å². The molecule has 0 spiro atoms. The first kappa shape index (κ1) is 15.7. The molecular weight excluding hydrogens is 363 g/mol. The number of fused-ring (bicyclic) bond motifs is 1. The molecule has 6 heteroatoms. The first-order chi connectivity index (χ1) is 11.0. The number of nitrogens with zero attached hydrogens (tertiary/aromatic N) is 1. The summed E-state index contributed by atoms with van der Waals surface area (Å²) in [6.45, 7) is 1.49. The summed E-state index contributed by atoms with van der Waals surface area (Å²) in [5.74, 6) is -0.916. The summed E-state index contributed by atoms with van der Waals surface area (Å²) >= 11 is 3.37. The molecule has 1 N–H and O–H groups in total. The summed E-state index contributed by atoms with van der Waals surface area (Å²) in [6, 6.07) is 11.0. The molecule has 0 aliphatic carbocycles. The second kappa shape index (κ2) is 6.12. The third-order valence-corrected chi connectivity index (χ3v) is 4.23. The molecule has 0 radical (unpaired) electrons. The number of nitrogens with one attached hydrogen (secondary N) is 1. The van der Waals surface area contributed by atoms with E-state index in [0.717, 1.165) is 4.47 Å². The zero-order valence-corrected chi connectivity index (χ0v) is 13.9. The molecule has 1 aliphatic heterocycles. The number of halogens is 2. The average molecular weight is 377 g/mol. The van der Waals surface area contributed by atoms with Crippen LogP contribution in [0.15, 0.2) is 46.9 Å². The van der Waals surface area contributed by atoms with Crippen molar-refractivity contribution in [1.29, 1.82) is 0 Å². The number of benzene rings is 2. The van der Waals surface area contributed by atoms with E-state index in [4.69, 9.17) is 0 Å². The Kier molecular flexibility index (Phi) is 4.17. The Balaban J connectivity index is 2.00. The van der Waals surface area contributed by atoms with E-state index in [1.807, 2.05) is 6.07 Å². The minimum Gasteiger partial charge on any atom is -0.341 e. The molecule has 1 atom stereocenters. The summed E-state index contributed by atoms with van der Waals surface area (Å²) in [6.07, 6.45) is 0. The first-order valence-electron chi connectivity index (χ1n) is 7.08. The molecule has 0 saturated carbocycles. The predicted octanol–water partition coefficient (Wildman–Crippen LogP) is 3.31. The normalized spacial score (nSPS) is 16.4. The van der Waals surface area contributed by atoms with Crippen LogP contribution in [0.1, 0.15) is 24.1 Å². The van der Waals surface area contributed by atoms with Crippen LogP contribution in [-0.4, -0.2) is 11.8 Å². The smallest absolute Gasteiger partial charge is 0.254 e. The molecule has 3 rings (SSSR count). The monoisotopic (exact) mass is 376 g/mol. The Labute approximate surface area is 141 Å². The summed E-state index contributed by atoms with van der Waals surface area (Å²) in [5, 5.41) is 2.66. The Morgan fingerprint density at radius 3 is 2.74 bits per heavy atom. The van der Waals surface area contributed by atoms with Crippen molar-refractivity contribution in [1.82, 2.24) is 5.32 Å². The van der Waals surface area contributed by atoms with Crippen LogP contribution in [0, 0.1) is 5.82 Å². The zero-order valence-electron chi connectivity index (χ0n) is 12.3. The van der Waals surface area contributed by atoms with Gasteiger partial charge in [-0.1, -0.05) is 34.1 Å². The lowest BCUT2D eigenvalue weighted by molar-refractivity contribution is -0.126. The fourth-order valence-corrected chi connectivity index (χ4v) is 3.09. The SMILES string of the molecule is CC(=O)N[C@@H]1C(=O)N(Cc2ccccc2F)c2ccc(Br)cc21. The van der Waals surface area contributed by atoms with Gasteiger partial charge in [0.25, 0.3) is 5.91 Å². The standard InChI is InChI=1S/C17H14BrFN2O2/c1-10(22)20-16-13-8-12(18)6-7-15(13)21(17(16)23)9-11-4-2-3-5-14(11)19/h2-8,16H,9H2,1H3,(H,20,22)/t16-/m0/s1. The van der Waals surface area contributed by atoms with E-state index >= 15 is 0 Å². The van der Waals surface area contributed by atoms with Crippen molar-refractivity contribution in [2.75, 3.05) is 4.90 Å². The molecule has 1 heterocycles. The third kappa shape index (κ3) is 2.99. The van der Waals surface area contributed by atoms with Gasteiger partial charge in [0.15, 0.2) is 0 Å². The quantitative estimate of drug-likeness (QED) is 0.893. The van der Waals surface area contributed by atoms with Gasteiger partial charge in [0, 0.05) is 28.2 Å². The summed E-state index contributed by atoms with van der Waals surface area (Å²) < 4.78 is 14.7. The van der Waals surface area contributed by atoms with E-state index in [9.17, 15) is 14.0 Å². The van der Waals surface area contributed by atoms with Crippen LogP contribution in [0.2, 0.25) is 0 Å². The van der Waals surface area contributed by atoms with E-state index in [2.05, 4.69) is 21.2 Å². The van der Waals surface area contributed by atoms with Crippen molar-refractivity contribution in [3.05, 3.63) is 63.9 Å². The molecular formula is C17H14BrFN2O2. The lowest BCUT2D eigenvalue weighted by atomic mass is 10.1. The topological polar surface area (TPSA) is 49.4 Å². The van der Waals surface area contributed by atoms with Crippen LogP contribution < -0.4 is 10.2 Å². The van der Waals surface area contributed by atoms with Gasteiger partial charge < -0.3 is 10.2 Å². The maximum atomic E-state index is 13.9. The van der Waals surface area contributed by atoms with E-state index < -0.39 is 6.04 Å². The predicted molar refractivity (Wildman–Crippen MR) is 88.3 cm³/mol. The molecule has 118 valence electrons. The second-order valence-electron chi connectivity index (χ2n) is 5.35. The molecule has 0 unspecified atom stereocenters. The van der Waals surface area contributed by atoms with Gasteiger partial charge in [0.05, 0.1) is 6.54 Å². The van der Waals surface area contributed by atoms with Crippen molar-refractivity contribution in [2.45, 2.75) is 19.5 Å². The molecule has 1 aliphatic rings. The minimum atomic E-state index is -0.744. The lowest BCUT2D eigenvalue weighted by Crippen LogP contribution is -2.36. The Morgan fingerprint density at radius 2 is 2.04 bits per heavy atom. The van der Waals surface area contributed by atoms with Crippen molar-refractivity contribution >= 4 is 33.4 Å². The Bertz CT molecular complexity index is 794. The van der Waals surface area contributed by atoms with Gasteiger partial charge in [-0.05, 0) is 24.3 Å². The van der Waals surface area contributed by atoms with Crippen LogP contribution in [0.4, 0.5) is 10.1 Å². The van der Waals surface area contributed by atoms with Crippen molar-refractivity contribution in [3.8, 4) is 0 Å². The number of hydrogen-bond donors (Lipinski definition) is 1. The largest absolute Gasteiger partial charge is 0.341 e. The molecule has 4 nitrogen and oxygen atoms in total. The maximum absolute atomic E-state index is 13.9. The van der Waals surface area contributed by atoms with Gasteiger partial charge in [0.1, 0.15) is 11.9 Å². The van der Waals surface area contributed by atoms with Gasteiger partial charge in [0.2, 0.25) is 5.91 Å². The second-order valence-corrected chi connectivity index (χ2v) is 6.27. The minimum absolute atomic E-state index is 0.121. The number of carbonyl (C=O) groups excluding carboxylic acids is 2. The molecule has 23 heavy (non-hydrogen) atoms. The number of carbonyl (C=O) groups is 2. The van der Waals surface area contributed by atoms with E-state index in [1.54, 1.807) is 30.3 Å². The van der Waals surface area contributed by atoms with Crippen molar-refractivity contribution in [2.24, 2.45) is 0 Å². The summed E-state index contributed by atoms with van der Waals surface area (Å²) in [4.78, 5) is 25.6. The van der Waals surface area contributed by atoms with Crippen molar-refractivity contribution in [3.63, 3.8) is 0 Å². The van der Waals surface area contributed by atoms with E-state index in [-0.39, 0.29) is 24.2 Å². The number of amides is 2. The van der Waals surface area contributed by atoms with Gasteiger partial charge in [-0.25, -0.2) is 4.39 Å². The average Bonchev–Trinajstić information content (AvgIpc) is 2.74. The Hall–Kier alpha value is -2.21. The van der Waals surface area contributed by atoms with Gasteiger partial charge in [-0.15, -0.1) is 0 Å². The maximum Gasteiger partial charge on any atom is 0.254 e. The molecule has 0 aromatic heterocycles. The highest BCUT2D eigenvalue weighted by Crippen LogP contribution is 2.38. The molecule has 2 aromatic carbocycles. The lowest BCUT2D eigenvalue weighted by Gasteiger charge is -2.18. The highest BCUT2D eigenvalue weighted by atomic mass is 79.9. The van der Waals surface area contributed by atoms with Gasteiger partial charge >= 0.3 is 0 Å².